The van der Waals surface area contributed by atoms with Crippen LogP contribution in [0.2, 0.25) is 0 Å². The van der Waals surface area contributed by atoms with E-state index in [0.29, 0.717) is 0 Å². The van der Waals surface area contributed by atoms with E-state index in [2.05, 4.69) is 30.9 Å². The summed E-state index contributed by atoms with van der Waals surface area (Å²) in [6.45, 7) is 16.8. The standard InChI is InChI=1S/C9H10O.C7H10O.C7H8.2C2H6/c1-7-3-5-9(6-4-7)8(2)10;1-3-5-6-7(8)4-2;1-2-4-6-7-5-3-1;2*1-2/h3-6H,1-2H3;3-6,8H,2H2,1H3;1-6H,7H2;2*1-2H3/b;5-3-,7-6+;;;. The molecule has 0 fully saturated rings. The number of rotatable bonds is 3. The van der Waals surface area contributed by atoms with Gasteiger partial charge in [0.05, 0.1) is 0 Å². The SMILES string of the molecule is C1=CC=CCC=C1.C=C/C(O)=C\C=C/C.CC.CC.CC(=O)c1ccc(C)cc1. The van der Waals surface area contributed by atoms with E-state index >= 15 is 0 Å². The Hall–Kier alpha value is -2.87. The highest BCUT2D eigenvalue weighted by molar-refractivity contribution is 5.93. The third-order valence-corrected chi connectivity index (χ3v) is 3.00. The highest BCUT2D eigenvalue weighted by atomic mass is 16.3. The van der Waals surface area contributed by atoms with Crippen LogP contribution in [0.3, 0.4) is 0 Å². The molecule has 160 valence electrons. The summed E-state index contributed by atoms with van der Waals surface area (Å²) in [5.41, 5.74) is 1.97. The Morgan fingerprint density at radius 2 is 1.45 bits per heavy atom. The molecule has 2 rings (SSSR count). The van der Waals surface area contributed by atoms with Crippen molar-refractivity contribution in [3.63, 3.8) is 0 Å². The maximum absolute atomic E-state index is 10.8. The Kier molecular flexibility index (Phi) is 26.7. The first-order valence-electron chi connectivity index (χ1n) is 10.2. The largest absolute Gasteiger partial charge is 0.508 e. The molecule has 0 unspecified atom stereocenters. The lowest BCUT2D eigenvalue weighted by atomic mass is 10.1. The fraction of sp³-hybridized carbons (Fsp3) is 0.296. The van der Waals surface area contributed by atoms with Crippen molar-refractivity contribution in [2.45, 2.75) is 54.9 Å². The van der Waals surface area contributed by atoms with E-state index in [9.17, 15) is 4.79 Å². The van der Waals surface area contributed by atoms with Crippen LogP contribution in [0.25, 0.3) is 0 Å². The summed E-state index contributed by atoms with van der Waals surface area (Å²) in [5, 5.41) is 8.68. The van der Waals surface area contributed by atoms with E-state index in [0.717, 1.165) is 12.0 Å². The maximum Gasteiger partial charge on any atom is 0.159 e. The number of aliphatic hydroxyl groups excluding tert-OH is 1. The van der Waals surface area contributed by atoms with Crippen LogP contribution in [-0.2, 0) is 0 Å². The second-order valence-corrected chi connectivity index (χ2v) is 5.22. The summed E-state index contributed by atoms with van der Waals surface area (Å²) in [6, 6.07) is 7.57. The van der Waals surface area contributed by atoms with Gasteiger partial charge in [0.25, 0.3) is 0 Å². The molecule has 0 bridgehead atoms. The molecule has 0 saturated heterocycles. The molecular weight excluding hydrogens is 356 g/mol. The predicted octanol–water partition coefficient (Wildman–Crippen LogP) is 8.50. The molecule has 1 N–H and O–H groups in total. The zero-order valence-corrected chi connectivity index (χ0v) is 19.4. The Labute approximate surface area is 179 Å². The smallest absolute Gasteiger partial charge is 0.159 e. The van der Waals surface area contributed by atoms with Gasteiger partial charge in [-0.1, -0.05) is 113 Å². The first kappa shape index (κ1) is 30.8. The molecule has 29 heavy (non-hydrogen) atoms. The van der Waals surface area contributed by atoms with Crippen molar-refractivity contribution in [3.8, 4) is 0 Å². The number of allylic oxidation sites excluding steroid dienone is 10. The minimum atomic E-state index is 0.125. The molecule has 0 atom stereocenters. The number of Topliss-reactive ketones (excluding diaryl/α,β-unsaturated/α-hetero) is 1. The number of aryl methyl sites for hydroxylation is 1. The van der Waals surface area contributed by atoms with Gasteiger partial charge in [-0.15, -0.1) is 0 Å². The molecular formula is C27H40O2. The van der Waals surface area contributed by atoms with Gasteiger partial charge in [-0.25, -0.2) is 0 Å². The molecule has 0 spiro atoms. The highest BCUT2D eigenvalue weighted by Gasteiger charge is 1.95. The van der Waals surface area contributed by atoms with Crippen molar-refractivity contribution in [3.05, 3.63) is 108 Å². The van der Waals surface area contributed by atoms with Crippen LogP contribution in [-0.4, -0.2) is 10.9 Å². The summed E-state index contributed by atoms with van der Waals surface area (Å²) in [5.74, 6) is 0.322. The molecule has 1 aromatic carbocycles. The Morgan fingerprint density at radius 3 is 1.83 bits per heavy atom. The molecule has 2 nitrogen and oxygen atoms in total. The lowest BCUT2D eigenvalue weighted by Gasteiger charge is -1.93. The molecule has 0 amide bonds. The molecule has 0 radical (unpaired) electrons. The first-order valence-corrected chi connectivity index (χ1v) is 10.2. The number of benzene rings is 1. The summed E-state index contributed by atoms with van der Waals surface area (Å²) in [6.07, 6.45) is 20.0. The molecule has 1 aromatic rings. The number of carbonyl (C=O) groups excluding carboxylic acids is 1. The van der Waals surface area contributed by atoms with Crippen molar-refractivity contribution in [2.75, 3.05) is 0 Å². The predicted molar refractivity (Wildman–Crippen MR) is 132 cm³/mol. The number of aliphatic hydroxyl groups is 1. The fourth-order valence-electron chi connectivity index (χ4n) is 1.57. The number of carbonyl (C=O) groups is 1. The van der Waals surface area contributed by atoms with E-state index in [1.165, 1.54) is 11.6 Å². The third-order valence-electron chi connectivity index (χ3n) is 3.00. The zero-order chi connectivity index (χ0) is 22.9. The van der Waals surface area contributed by atoms with E-state index in [1.54, 1.807) is 19.1 Å². The summed E-state index contributed by atoms with van der Waals surface area (Å²) >= 11 is 0. The topological polar surface area (TPSA) is 37.3 Å². The van der Waals surface area contributed by atoms with Crippen LogP contribution in [0.5, 0.6) is 0 Å². The molecule has 1 aliphatic rings. The van der Waals surface area contributed by atoms with E-state index in [1.807, 2.05) is 84.0 Å². The molecule has 0 aliphatic heterocycles. The van der Waals surface area contributed by atoms with Crippen molar-refractivity contribution in [2.24, 2.45) is 0 Å². The van der Waals surface area contributed by atoms with E-state index in [-0.39, 0.29) is 11.5 Å². The maximum atomic E-state index is 10.8. The van der Waals surface area contributed by atoms with Crippen LogP contribution < -0.4 is 0 Å². The van der Waals surface area contributed by atoms with Gasteiger partial charge in [0.2, 0.25) is 0 Å². The van der Waals surface area contributed by atoms with Crippen LogP contribution >= 0.6 is 0 Å². The quantitative estimate of drug-likeness (QED) is 0.316. The lowest BCUT2D eigenvalue weighted by molar-refractivity contribution is 0.101. The average Bonchev–Trinajstić information content (AvgIpc) is 3.09. The van der Waals surface area contributed by atoms with Gasteiger partial charge < -0.3 is 5.11 Å². The second-order valence-electron chi connectivity index (χ2n) is 5.22. The van der Waals surface area contributed by atoms with Crippen LogP contribution in [0.4, 0.5) is 0 Å². The Balaban J connectivity index is -0.000000325. The minimum Gasteiger partial charge on any atom is -0.508 e. The zero-order valence-electron chi connectivity index (χ0n) is 19.4. The van der Waals surface area contributed by atoms with Gasteiger partial charge in [0.15, 0.2) is 5.78 Å². The fourth-order valence-corrected chi connectivity index (χ4v) is 1.57. The molecule has 0 heterocycles. The minimum absolute atomic E-state index is 0.125. The van der Waals surface area contributed by atoms with Crippen LogP contribution in [0, 0.1) is 6.92 Å². The third kappa shape index (κ3) is 23.1. The Morgan fingerprint density at radius 1 is 0.966 bits per heavy atom. The highest BCUT2D eigenvalue weighted by Crippen LogP contribution is 2.02. The molecule has 1 aliphatic carbocycles. The van der Waals surface area contributed by atoms with Crippen LogP contribution in [0.1, 0.15) is 63.9 Å². The first-order chi connectivity index (χ1) is 14.0. The number of hydrogen-bond acceptors (Lipinski definition) is 2. The second kappa shape index (κ2) is 25.1. The molecule has 0 aromatic heterocycles. The average molecular weight is 397 g/mol. The van der Waals surface area contributed by atoms with Gasteiger partial charge in [-0.05, 0) is 39.3 Å². The summed E-state index contributed by atoms with van der Waals surface area (Å²) in [4.78, 5) is 10.8. The van der Waals surface area contributed by atoms with Crippen molar-refractivity contribution < 1.29 is 9.90 Å². The molecule has 0 saturated carbocycles. The number of hydrogen-bond donors (Lipinski definition) is 1. The summed E-state index contributed by atoms with van der Waals surface area (Å²) in [7, 11) is 0. The molecule has 2 heteroatoms. The van der Waals surface area contributed by atoms with E-state index < -0.39 is 0 Å². The van der Waals surface area contributed by atoms with Gasteiger partial charge in [0, 0.05) is 5.56 Å². The lowest BCUT2D eigenvalue weighted by Crippen LogP contribution is -1.90. The monoisotopic (exact) mass is 396 g/mol. The van der Waals surface area contributed by atoms with Crippen molar-refractivity contribution in [1.29, 1.82) is 0 Å². The van der Waals surface area contributed by atoms with E-state index in [4.69, 9.17) is 5.11 Å². The van der Waals surface area contributed by atoms with Crippen molar-refractivity contribution >= 4 is 5.78 Å². The normalized spacial score (nSPS) is 11.2. The van der Waals surface area contributed by atoms with Gasteiger partial charge in [-0.2, -0.15) is 0 Å². The van der Waals surface area contributed by atoms with Crippen molar-refractivity contribution in [1.82, 2.24) is 0 Å². The summed E-state index contributed by atoms with van der Waals surface area (Å²) < 4.78 is 0. The van der Waals surface area contributed by atoms with Crippen LogP contribution in [0.15, 0.2) is 97.4 Å². The van der Waals surface area contributed by atoms with Gasteiger partial charge in [-0.3, -0.25) is 4.79 Å². The van der Waals surface area contributed by atoms with Gasteiger partial charge >= 0.3 is 0 Å². The van der Waals surface area contributed by atoms with Gasteiger partial charge in [0.1, 0.15) is 5.76 Å². The number of ketones is 1. The Bertz CT molecular complexity index is 640.